The Morgan fingerprint density at radius 1 is 0.525 bits per heavy atom. The number of ether oxygens (including phenoxy) is 2. The molecule has 0 saturated heterocycles. The van der Waals surface area contributed by atoms with Crippen LogP contribution in [0.4, 0.5) is 11.4 Å². The zero-order chi connectivity index (χ0) is 27.9. The molecule has 0 fully saturated rings. The van der Waals surface area contributed by atoms with Crippen LogP contribution in [0.5, 0.6) is 0 Å². The molecule has 0 aliphatic heterocycles. The van der Waals surface area contributed by atoms with E-state index in [4.69, 9.17) is 9.47 Å². The molecule has 0 saturated carbocycles. The van der Waals surface area contributed by atoms with E-state index in [0.717, 1.165) is 33.6 Å². The molecule has 0 amide bonds. The van der Waals surface area contributed by atoms with Crippen molar-refractivity contribution < 1.29 is 19.1 Å². The summed E-state index contributed by atoms with van der Waals surface area (Å²) < 4.78 is 10.3. The Labute approximate surface area is 234 Å². The second-order valence-electron chi connectivity index (χ2n) is 9.39. The van der Waals surface area contributed by atoms with E-state index >= 15 is 0 Å². The molecule has 2 N–H and O–H groups in total. The zero-order valence-corrected chi connectivity index (χ0v) is 22.4. The lowest BCUT2D eigenvalue weighted by Gasteiger charge is -2.26. The third kappa shape index (κ3) is 5.97. The molecule has 4 aromatic rings. The van der Waals surface area contributed by atoms with Gasteiger partial charge in [0.1, 0.15) is 0 Å². The van der Waals surface area contributed by atoms with E-state index in [1.165, 1.54) is 14.2 Å². The van der Waals surface area contributed by atoms with Crippen LogP contribution in [-0.2, 0) is 19.1 Å². The van der Waals surface area contributed by atoms with Gasteiger partial charge in [-0.25, -0.2) is 9.59 Å². The fourth-order valence-electron chi connectivity index (χ4n) is 4.82. The van der Waals surface area contributed by atoms with Crippen molar-refractivity contribution in [3.63, 3.8) is 0 Å². The van der Waals surface area contributed by atoms with Crippen molar-refractivity contribution in [1.29, 1.82) is 0 Å². The highest BCUT2D eigenvalue weighted by Gasteiger charge is 2.30. The van der Waals surface area contributed by atoms with Crippen LogP contribution < -0.4 is 10.6 Å². The molecule has 0 aromatic heterocycles. The Bertz CT molecular complexity index is 1470. The highest BCUT2D eigenvalue weighted by molar-refractivity contribution is 5.96. The first-order valence-corrected chi connectivity index (χ1v) is 13.0. The summed E-state index contributed by atoms with van der Waals surface area (Å²) in [5, 5.41) is 6.78. The van der Waals surface area contributed by atoms with Crippen LogP contribution in [-0.4, -0.2) is 26.2 Å². The second-order valence-corrected chi connectivity index (χ2v) is 9.39. The van der Waals surface area contributed by atoms with Crippen LogP contribution in [0.2, 0.25) is 0 Å². The molecule has 200 valence electrons. The van der Waals surface area contributed by atoms with Gasteiger partial charge in [0.2, 0.25) is 0 Å². The molecule has 1 aliphatic rings. The van der Waals surface area contributed by atoms with Crippen molar-refractivity contribution >= 4 is 23.3 Å². The summed E-state index contributed by atoms with van der Waals surface area (Å²) in [6, 6.07) is 36.0. The Morgan fingerprint density at radius 2 is 0.900 bits per heavy atom. The van der Waals surface area contributed by atoms with Gasteiger partial charge in [-0.1, -0.05) is 84.9 Å². The number of carbonyl (C=O) groups excluding carboxylic acids is 2. The minimum Gasteiger partial charge on any atom is -0.466 e. The molecule has 1 aliphatic carbocycles. The maximum atomic E-state index is 13.0. The summed E-state index contributed by atoms with van der Waals surface area (Å²) >= 11 is 0. The third-order valence-electron chi connectivity index (χ3n) is 6.83. The topological polar surface area (TPSA) is 76.7 Å². The van der Waals surface area contributed by atoms with Crippen LogP contribution in [0.3, 0.4) is 0 Å². The minimum atomic E-state index is -0.456. The highest BCUT2D eigenvalue weighted by atomic mass is 16.5. The van der Waals surface area contributed by atoms with Crippen molar-refractivity contribution in [3.05, 3.63) is 132 Å². The quantitative estimate of drug-likeness (QED) is 0.235. The molecule has 0 radical (unpaired) electrons. The molecule has 0 bridgehead atoms. The van der Waals surface area contributed by atoms with Gasteiger partial charge in [0, 0.05) is 35.6 Å². The van der Waals surface area contributed by atoms with Crippen molar-refractivity contribution in [3.8, 4) is 22.3 Å². The van der Waals surface area contributed by atoms with E-state index in [9.17, 15) is 9.59 Å². The Balaban J connectivity index is 1.47. The van der Waals surface area contributed by atoms with Gasteiger partial charge in [-0.2, -0.15) is 0 Å². The van der Waals surface area contributed by atoms with Crippen LogP contribution >= 0.6 is 0 Å². The summed E-state index contributed by atoms with van der Waals surface area (Å²) in [7, 11) is 2.72. The molecule has 40 heavy (non-hydrogen) atoms. The zero-order valence-electron chi connectivity index (χ0n) is 22.4. The number of allylic oxidation sites excluding steroid dienone is 2. The van der Waals surface area contributed by atoms with Crippen LogP contribution in [0.25, 0.3) is 22.3 Å². The fraction of sp³-hybridized carbons (Fsp3) is 0.118. The number of methoxy groups -OCH3 is 2. The predicted molar refractivity (Wildman–Crippen MR) is 158 cm³/mol. The minimum absolute atomic E-state index is 0.174. The normalized spacial score (nSPS) is 13.1. The van der Waals surface area contributed by atoms with Crippen molar-refractivity contribution in [2.45, 2.75) is 12.8 Å². The lowest BCUT2D eigenvalue weighted by atomic mass is 9.92. The Hall–Kier alpha value is -5.10. The predicted octanol–water partition coefficient (Wildman–Crippen LogP) is 7.19. The average Bonchev–Trinajstić information content (AvgIpc) is 3.02. The molecule has 0 unspecified atom stereocenters. The summed E-state index contributed by atoms with van der Waals surface area (Å²) in [4.78, 5) is 25.9. The van der Waals surface area contributed by atoms with Gasteiger partial charge >= 0.3 is 11.9 Å². The number of nitrogens with one attached hydrogen (secondary N) is 2. The molecule has 4 aromatic carbocycles. The number of benzene rings is 4. The average molecular weight is 531 g/mol. The lowest BCUT2D eigenvalue weighted by Crippen LogP contribution is -2.24. The molecular formula is C34H30N2O4. The summed E-state index contributed by atoms with van der Waals surface area (Å²) in [6.45, 7) is 0. The number of hydrogen-bond donors (Lipinski definition) is 2. The SMILES string of the molecule is COC(=O)C1=C(Nc2cccc(-c3ccccc3)c2)CC(C(=O)OC)=C(Nc2cccc(-c3ccccc3)c2)C1. The Kier molecular flexibility index (Phi) is 8.07. The van der Waals surface area contributed by atoms with Gasteiger partial charge in [0.05, 0.1) is 25.4 Å². The molecule has 6 heteroatoms. The molecule has 5 rings (SSSR count). The maximum Gasteiger partial charge on any atom is 0.335 e. The van der Waals surface area contributed by atoms with Crippen molar-refractivity contribution in [2.75, 3.05) is 24.9 Å². The van der Waals surface area contributed by atoms with Gasteiger partial charge in [-0.15, -0.1) is 0 Å². The largest absolute Gasteiger partial charge is 0.466 e. The fourth-order valence-corrected chi connectivity index (χ4v) is 4.82. The van der Waals surface area contributed by atoms with Crippen LogP contribution in [0.1, 0.15) is 12.8 Å². The number of hydrogen-bond acceptors (Lipinski definition) is 6. The van der Waals surface area contributed by atoms with Gasteiger partial charge in [-0.05, 0) is 46.5 Å². The van der Waals surface area contributed by atoms with E-state index in [-0.39, 0.29) is 12.8 Å². The van der Waals surface area contributed by atoms with Crippen LogP contribution in [0.15, 0.2) is 132 Å². The summed E-state index contributed by atoms with van der Waals surface area (Å²) in [5.74, 6) is -0.911. The van der Waals surface area contributed by atoms with Gasteiger partial charge < -0.3 is 20.1 Å². The molecule has 0 atom stereocenters. The van der Waals surface area contributed by atoms with E-state index in [2.05, 4.69) is 10.6 Å². The van der Waals surface area contributed by atoms with Gasteiger partial charge in [0.15, 0.2) is 0 Å². The van der Waals surface area contributed by atoms with E-state index in [0.29, 0.717) is 22.5 Å². The van der Waals surface area contributed by atoms with Crippen LogP contribution in [0, 0.1) is 0 Å². The number of carbonyl (C=O) groups is 2. The molecule has 0 spiro atoms. The van der Waals surface area contributed by atoms with E-state index in [1.807, 2.05) is 109 Å². The van der Waals surface area contributed by atoms with Gasteiger partial charge in [-0.3, -0.25) is 0 Å². The molecule has 6 nitrogen and oxygen atoms in total. The van der Waals surface area contributed by atoms with Crippen molar-refractivity contribution in [2.24, 2.45) is 0 Å². The van der Waals surface area contributed by atoms with E-state index < -0.39 is 11.9 Å². The third-order valence-corrected chi connectivity index (χ3v) is 6.83. The summed E-state index contributed by atoms with van der Waals surface area (Å²) in [5.41, 5.74) is 7.92. The number of rotatable bonds is 8. The van der Waals surface area contributed by atoms with E-state index in [1.54, 1.807) is 0 Å². The van der Waals surface area contributed by atoms with Gasteiger partial charge in [0.25, 0.3) is 0 Å². The molecule has 0 heterocycles. The smallest absolute Gasteiger partial charge is 0.335 e. The van der Waals surface area contributed by atoms with Crippen molar-refractivity contribution in [1.82, 2.24) is 0 Å². The standard InChI is InChI=1S/C34H30N2O4/c1-39-33(37)29-21-32(36-28-18-10-16-26(20-28)24-13-7-4-8-14-24)30(34(38)40-2)22-31(29)35-27-17-9-15-25(19-27)23-11-5-3-6-12-23/h3-20,35-36H,21-22H2,1-2H3. The first kappa shape index (κ1) is 26.5. The highest BCUT2D eigenvalue weighted by Crippen LogP contribution is 2.34. The molecular weight excluding hydrogens is 500 g/mol. The Morgan fingerprint density at radius 3 is 1.27 bits per heavy atom. The first-order valence-electron chi connectivity index (χ1n) is 13.0. The number of esters is 2. The number of anilines is 2. The second kappa shape index (κ2) is 12.2. The monoisotopic (exact) mass is 530 g/mol. The summed E-state index contributed by atoms with van der Waals surface area (Å²) in [6.07, 6.45) is 0.348. The first-order chi connectivity index (χ1) is 19.6. The lowest BCUT2D eigenvalue weighted by molar-refractivity contribution is -0.137. The maximum absolute atomic E-state index is 13.0.